The number of nitrogens with zero attached hydrogens (tertiary/aromatic N) is 2. The Morgan fingerprint density at radius 1 is 0.960 bits per heavy atom. The molecule has 0 saturated heterocycles. The number of benzene rings is 2. The zero-order valence-electron chi connectivity index (χ0n) is 13.4. The second kappa shape index (κ2) is 7.44. The van der Waals surface area contributed by atoms with Crippen molar-refractivity contribution in [1.29, 1.82) is 0 Å². The van der Waals surface area contributed by atoms with Crippen LogP contribution in [0, 0.1) is 0 Å². The lowest BCUT2D eigenvalue weighted by atomic mass is 10.1. The molecule has 0 saturated carbocycles. The number of carboxylic acid groups (broad SMARTS) is 1. The molecule has 25 heavy (non-hydrogen) atoms. The van der Waals surface area contributed by atoms with Crippen molar-refractivity contribution in [2.75, 3.05) is 5.32 Å². The minimum Gasteiger partial charge on any atom is -0.481 e. The number of hydrogen-bond donors (Lipinski definition) is 2. The van der Waals surface area contributed by atoms with Crippen LogP contribution in [0.5, 0.6) is 0 Å². The zero-order valence-corrected chi connectivity index (χ0v) is 13.4. The van der Waals surface area contributed by atoms with Crippen LogP contribution in [0.15, 0.2) is 66.9 Å². The number of aromatic nitrogens is 2. The van der Waals surface area contributed by atoms with Crippen LogP contribution in [0.1, 0.15) is 16.9 Å². The van der Waals surface area contributed by atoms with Gasteiger partial charge in [0.1, 0.15) is 0 Å². The highest BCUT2D eigenvalue weighted by molar-refractivity contribution is 6.02. The predicted octanol–water partition coefficient (Wildman–Crippen LogP) is 3.28. The molecule has 3 rings (SSSR count). The molecule has 0 radical (unpaired) electrons. The van der Waals surface area contributed by atoms with Crippen molar-refractivity contribution in [3.8, 4) is 11.1 Å². The summed E-state index contributed by atoms with van der Waals surface area (Å²) in [5.74, 6) is -1.23. The van der Waals surface area contributed by atoms with E-state index >= 15 is 0 Å². The van der Waals surface area contributed by atoms with E-state index in [4.69, 9.17) is 5.11 Å². The first-order valence-electron chi connectivity index (χ1n) is 7.84. The zero-order chi connectivity index (χ0) is 17.6. The van der Waals surface area contributed by atoms with Gasteiger partial charge in [-0.3, -0.25) is 14.3 Å². The second-order valence-electron chi connectivity index (χ2n) is 5.51. The van der Waals surface area contributed by atoms with E-state index in [1.54, 1.807) is 12.3 Å². The maximum Gasteiger partial charge on any atom is 0.305 e. The van der Waals surface area contributed by atoms with E-state index in [2.05, 4.69) is 10.4 Å². The highest BCUT2D eigenvalue weighted by Crippen LogP contribution is 2.21. The summed E-state index contributed by atoms with van der Waals surface area (Å²) in [6, 6.07) is 19.1. The number of aliphatic carboxylic acids is 1. The van der Waals surface area contributed by atoms with Gasteiger partial charge in [-0.25, -0.2) is 0 Å². The Morgan fingerprint density at radius 3 is 2.32 bits per heavy atom. The Balaban J connectivity index is 1.64. The molecule has 2 N–H and O–H groups in total. The molecule has 126 valence electrons. The van der Waals surface area contributed by atoms with Gasteiger partial charge < -0.3 is 10.4 Å². The number of carbonyl (C=O) groups excluding carboxylic acids is 1. The Hall–Kier alpha value is -3.41. The molecule has 0 aliphatic rings. The van der Waals surface area contributed by atoms with E-state index in [1.807, 2.05) is 54.6 Å². The number of carbonyl (C=O) groups is 2. The third-order valence-corrected chi connectivity index (χ3v) is 3.68. The van der Waals surface area contributed by atoms with Crippen molar-refractivity contribution in [2.24, 2.45) is 0 Å². The van der Waals surface area contributed by atoms with Crippen LogP contribution in [-0.2, 0) is 11.3 Å². The van der Waals surface area contributed by atoms with Crippen molar-refractivity contribution in [3.05, 3.63) is 72.6 Å². The number of aryl methyl sites for hydroxylation is 1. The van der Waals surface area contributed by atoms with E-state index in [1.165, 1.54) is 4.68 Å². The number of rotatable bonds is 6. The molecule has 0 spiro atoms. The molecule has 1 amide bonds. The van der Waals surface area contributed by atoms with Crippen molar-refractivity contribution < 1.29 is 14.7 Å². The molecule has 1 aromatic heterocycles. The van der Waals surface area contributed by atoms with E-state index in [0.29, 0.717) is 5.69 Å². The number of carboxylic acids is 1. The van der Waals surface area contributed by atoms with E-state index in [0.717, 1.165) is 11.1 Å². The number of nitrogens with one attached hydrogen (secondary N) is 1. The highest BCUT2D eigenvalue weighted by Gasteiger charge is 2.10. The maximum atomic E-state index is 12.2. The molecule has 0 aliphatic heterocycles. The molecule has 1 heterocycles. The molecule has 2 aromatic carbocycles. The molecule has 0 bridgehead atoms. The normalized spacial score (nSPS) is 10.4. The number of anilines is 1. The molecule has 0 atom stereocenters. The summed E-state index contributed by atoms with van der Waals surface area (Å²) >= 11 is 0. The molecule has 3 aromatic rings. The number of amides is 1. The predicted molar refractivity (Wildman–Crippen MR) is 94.3 cm³/mol. The minimum absolute atomic E-state index is 0.0380. The standard InChI is InChI=1S/C19H17N3O3/c23-18(24)11-13-22-12-10-17(21-22)19(25)20-16-8-6-15(7-9-16)14-4-2-1-3-5-14/h1-10,12H,11,13H2,(H,20,25)(H,23,24). The fraction of sp³-hybridized carbons (Fsp3) is 0.105. The lowest BCUT2D eigenvalue weighted by Gasteiger charge is -2.06. The quantitative estimate of drug-likeness (QED) is 0.724. The van der Waals surface area contributed by atoms with Gasteiger partial charge in [0.05, 0.1) is 13.0 Å². The topological polar surface area (TPSA) is 84.2 Å². The van der Waals surface area contributed by atoms with Crippen LogP contribution >= 0.6 is 0 Å². The van der Waals surface area contributed by atoms with Gasteiger partial charge in [-0.1, -0.05) is 42.5 Å². The fourth-order valence-corrected chi connectivity index (χ4v) is 2.39. The maximum absolute atomic E-state index is 12.2. The Kier molecular flexibility index (Phi) is 4.89. The van der Waals surface area contributed by atoms with Crippen molar-refractivity contribution in [1.82, 2.24) is 9.78 Å². The lowest BCUT2D eigenvalue weighted by Crippen LogP contribution is -2.13. The summed E-state index contributed by atoms with van der Waals surface area (Å²) < 4.78 is 1.45. The average molecular weight is 335 g/mol. The van der Waals surface area contributed by atoms with Crippen molar-refractivity contribution in [3.63, 3.8) is 0 Å². The highest BCUT2D eigenvalue weighted by atomic mass is 16.4. The Bertz CT molecular complexity index is 870. The monoisotopic (exact) mass is 335 g/mol. The van der Waals surface area contributed by atoms with Gasteiger partial charge in [0.25, 0.3) is 5.91 Å². The van der Waals surface area contributed by atoms with Crippen molar-refractivity contribution in [2.45, 2.75) is 13.0 Å². The molecule has 0 aliphatic carbocycles. The van der Waals surface area contributed by atoms with Gasteiger partial charge in [0.2, 0.25) is 0 Å². The van der Waals surface area contributed by atoms with Crippen LogP contribution in [-0.4, -0.2) is 26.8 Å². The smallest absolute Gasteiger partial charge is 0.305 e. The SMILES string of the molecule is O=C(O)CCn1ccc(C(=O)Nc2ccc(-c3ccccc3)cc2)n1. The summed E-state index contributed by atoms with van der Waals surface area (Å²) in [6.45, 7) is 0.231. The van der Waals surface area contributed by atoms with Gasteiger partial charge in [-0.2, -0.15) is 5.10 Å². The largest absolute Gasteiger partial charge is 0.481 e. The van der Waals surface area contributed by atoms with Gasteiger partial charge in [0.15, 0.2) is 5.69 Å². The first-order chi connectivity index (χ1) is 12.1. The third kappa shape index (κ3) is 4.32. The van der Waals surface area contributed by atoms with Crippen molar-refractivity contribution >= 4 is 17.6 Å². The first kappa shape index (κ1) is 16.4. The Morgan fingerprint density at radius 2 is 1.64 bits per heavy atom. The summed E-state index contributed by atoms with van der Waals surface area (Å²) in [5.41, 5.74) is 3.09. The second-order valence-corrected chi connectivity index (χ2v) is 5.51. The van der Waals surface area contributed by atoms with Gasteiger partial charge in [-0.05, 0) is 29.3 Å². The summed E-state index contributed by atoms with van der Waals surface area (Å²) in [6.07, 6.45) is 1.56. The van der Waals surface area contributed by atoms with Gasteiger partial charge >= 0.3 is 5.97 Å². The average Bonchev–Trinajstić information content (AvgIpc) is 3.11. The minimum atomic E-state index is -0.903. The van der Waals surface area contributed by atoms with Gasteiger partial charge in [-0.15, -0.1) is 0 Å². The van der Waals surface area contributed by atoms with Crippen LogP contribution in [0.25, 0.3) is 11.1 Å². The van der Waals surface area contributed by atoms with Gasteiger partial charge in [0, 0.05) is 11.9 Å². The van der Waals surface area contributed by atoms with Crippen LogP contribution < -0.4 is 5.32 Å². The lowest BCUT2D eigenvalue weighted by molar-refractivity contribution is -0.137. The molecule has 6 heteroatoms. The molecule has 6 nitrogen and oxygen atoms in total. The number of hydrogen-bond acceptors (Lipinski definition) is 3. The van der Waals surface area contributed by atoms with Crippen LogP contribution in [0.2, 0.25) is 0 Å². The van der Waals surface area contributed by atoms with E-state index in [9.17, 15) is 9.59 Å². The summed E-state index contributed by atoms with van der Waals surface area (Å²) in [7, 11) is 0. The molecule has 0 unspecified atom stereocenters. The third-order valence-electron chi connectivity index (χ3n) is 3.68. The fourth-order valence-electron chi connectivity index (χ4n) is 2.39. The summed E-state index contributed by atoms with van der Waals surface area (Å²) in [4.78, 5) is 22.8. The van der Waals surface area contributed by atoms with E-state index in [-0.39, 0.29) is 24.6 Å². The molecule has 0 fully saturated rings. The van der Waals surface area contributed by atoms with Crippen LogP contribution in [0.3, 0.4) is 0 Å². The van der Waals surface area contributed by atoms with Crippen LogP contribution in [0.4, 0.5) is 5.69 Å². The molecular weight excluding hydrogens is 318 g/mol. The molecular formula is C19H17N3O3. The Labute approximate surface area is 144 Å². The summed E-state index contributed by atoms with van der Waals surface area (Å²) in [5, 5.41) is 15.5. The van der Waals surface area contributed by atoms with E-state index < -0.39 is 5.97 Å². The first-order valence-corrected chi connectivity index (χ1v) is 7.84.